The van der Waals surface area contributed by atoms with E-state index in [1.807, 2.05) is 31.4 Å². The van der Waals surface area contributed by atoms with Crippen LogP contribution in [0.5, 0.6) is 0 Å². The summed E-state index contributed by atoms with van der Waals surface area (Å²) in [6.45, 7) is 6.51. The molecule has 7 heteroatoms. The standard InChI is InChI=1S/C17H19N3O3S/c1-4-22-16(21)14-10(2)15(19-11(14)3)13-9-24-17(20-13)18-8-12-6-5-7-23-12/h5-7,9,19H,4,8H2,1-3H3,(H,18,20). The Morgan fingerprint density at radius 2 is 2.29 bits per heavy atom. The van der Waals surface area contributed by atoms with Gasteiger partial charge in [0.15, 0.2) is 5.13 Å². The van der Waals surface area contributed by atoms with E-state index in [9.17, 15) is 4.79 Å². The van der Waals surface area contributed by atoms with Gasteiger partial charge < -0.3 is 19.5 Å². The molecule has 0 atom stereocenters. The summed E-state index contributed by atoms with van der Waals surface area (Å²) in [7, 11) is 0. The molecule has 0 aliphatic carbocycles. The molecule has 0 fully saturated rings. The van der Waals surface area contributed by atoms with Crippen LogP contribution in [0.3, 0.4) is 0 Å². The van der Waals surface area contributed by atoms with Gasteiger partial charge in [-0.3, -0.25) is 0 Å². The number of aromatic nitrogens is 2. The smallest absolute Gasteiger partial charge is 0.340 e. The summed E-state index contributed by atoms with van der Waals surface area (Å²) in [5.74, 6) is 0.546. The van der Waals surface area contributed by atoms with Crippen molar-refractivity contribution in [3.05, 3.63) is 46.4 Å². The van der Waals surface area contributed by atoms with Gasteiger partial charge in [0.2, 0.25) is 0 Å². The quantitative estimate of drug-likeness (QED) is 0.656. The minimum absolute atomic E-state index is 0.304. The molecule has 6 nitrogen and oxygen atoms in total. The first kappa shape index (κ1) is 16.3. The van der Waals surface area contributed by atoms with Gasteiger partial charge in [0.05, 0.1) is 30.7 Å². The summed E-state index contributed by atoms with van der Waals surface area (Å²) < 4.78 is 10.4. The monoisotopic (exact) mass is 345 g/mol. The van der Waals surface area contributed by atoms with Crippen LogP contribution in [0.15, 0.2) is 28.2 Å². The van der Waals surface area contributed by atoms with Crippen molar-refractivity contribution in [3.63, 3.8) is 0 Å². The number of rotatable bonds is 6. The average Bonchev–Trinajstić information content (AvgIpc) is 3.26. The van der Waals surface area contributed by atoms with E-state index in [-0.39, 0.29) is 5.97 Å². The van der Waals surface area contributed by atoms with E-state index in [0.29, 0.717) is 18.7 Å². The summed E-state index contributed by atoms with van der Waals surface area (Å²) in [6.07, 6.45) is 1.65. The molecule has 0 aliphatic heterocycles. The Balaban J connectivity index is 1.80. The summed E-state index contributed by atoms with van der Waals surface area (Å²) in [5, 5.41) is 5.98. The van der Waals surface area contributed by atoms with E-state index in [1.165, 1.54) is 11.3 Å². The number of anilines is 1. The normalized spacial score (nSPS) is 10.8. The third kappa shape index (κ3) is 3.21. The van der Waals surface area contributed by atoms with Crippen molar-refractivity contribution in [1.29, 1.82) is 0 Å². The van der Waals surface area contributed by atoms with Gasteiger partial charge in [-0.2, -0.15) is 0 Å². The summed E-state index contributed by atoms with van der Waals surface area (Å²) >= 11 is 1.51. The largest absolute Gasteiger partial charge is 0.467 e. The van der Waals surface area contributed by atoms with Crippen molar-refractivity contribution in [1.82, 2.24) is 9.97 Å². The summed E-state index contributed by atoms with van der Waals surface area (Å²) in [5.41, 5.74) is 3.88. The first-order valence-corrected chi connectivity index (χ1v) is 8.56. The summed E-state index contributed by atoms with van der Waals surface area (Å²) in [4.78, 5) is 19.9. The molecule has 0 bridgehead atoms. The van der Waals surface area contributed by atoms with Crippen LogP contribution in [0.4, 0.5) is 5.13 Å². The van der Waals surface area contributed by atoms with Crippen LogP contribution in [0.1, 0.15) is 34.3 Å². The lowest BCUT2D eigenvalue weighted by atomic mass is 10.1. The first-order valence-electron chi connectivity index (χ1n) is 7.68. The van der Waals surface area contributed by atoms with Crippen molar-refractivity contribution >= 4 is 22.4 Å². The number of carbonyl (C=O) groups is 1. The molecular formula is C17H19N3O3S. The molecule has 3 aromatic rings. The lowest BCUT2D eigenvalue weighted by molar-refractivity contribution is 0.0525. The molecule has 0 spiro atoms. The highest BCUT2D eigenvalue weighted by molar-refractivity contribution is 7.14. The number of hydrogen-bond donors (Lipinski definition) is 2. The average molecular weight is 345 g/mol. The maximum Gasteiger partial charge on any atom is 0.340 e. The fraction of sp³-hybridized carbons (Fsp3) is 0.294. The van der Waals surface area contributed by atoms with E-state index >= 15 is 0 Å². The van der Waals surface area contributed by atoms with Crippen molar-refractivity contribution in [3.8, 4) is 11.4 Å². The second-order valence-electron chi connectivity index (χ2n) is 5.32. The van der Waals surface area contributed by atoms with Crippen molar-refractivity contribution in [2.45, 2.75) is 27.3 Å². The van der Waals surface area contributed by atoms with Crippen LogP contribution in [-0.4, -0.2) is 22.5 Å². The molecule has 24 heavy (non-hydrogen) atoms. The second-order valence-corrected chi connectivity index (χ2v) is 6.17. The molecule has 3 aromatic heterocycles. The Morgan fingerprint density at radius 1 is 1.46 bits per heavy atom. The van der Waals surface area contributed by atoms with Crippen LogP contribution in [-0.2, 0) is 11.3 Å². The Bertz CT molecular complexity index is 834. The van der Waals surface area contributed by atoms with Crippen LogP contribution in [0, 0.1) is 13.8 Å². The van der Waals surface area contributed by atoms with Crippen LogP contribution in [0.25, 0.3) is 11.4 Å². The van der Waals surface area contributed by atoms with Crippen molar-refractivity contribution in [2.24, 2.45) is 0 Å². The number of ether oxygens (including phenoxy) is 1. The first-order chi connectivity index (χ1) is 11.6. The lowest BCUT2D eigenvalue weighted by Crippen LogP contribution is -2.06. The number of esters is 1. The predicted octanol–water partition coefficient (Wildman–Crippen LogP) is 4.14. The number of H-pyrrole nitrogens is 1. The maximum atomic E-state index is 12.1. The number of aryl methyl sites for hydroxylation is 1. The topological polar surface area (TPSA) is 80.2 Å². The Hall–Kier alpha value is -2.54. The molecule has 0 saturated carbocycles. The van der Waals surface area contributed by atoms with E-state index in [1.54, 1.807) is 13.2 Å². The number of furan rings is 1. The van der Waals surface area contributed by atoms with E-state index < -0.39 is 0 Å². The SMILES string of the molecule is CCOC(=O)c1c(C)[nH]c(-c2csc(NCc3ccco3)n2)c1C. The predicted molar refractivity (Wildman–Crippen MR) is 93.4 cm³/mol. The molecular weight excluding hydrogens is 326 g/mol. The van der Waals surface area contributed by atoms with Gasteiger partial charge in [-0.05, 0) is 38.5 Å². The number of aromatic amines is 1. The number of hydrogen-bond acceptors (Lipinski definition) is 6. The van der Waals surface area contributed by atoms with Gasteiger partial charge in [0.25, 0.3) is 0 Å². The third-order valence-electron chi connectivity index (χ3n) is 3.67. The lowest BCUT2D eigenvalue weighted by Gasteiger charge is -2.02. The highest BCUT2D eigenvalue weighted by atomic mass is 32.1. The number of carbonyl (C=O) groups excluding carboxylic acids is 1. The molecule has 0 saturated heterocycles. The summed E-state index contributed by atoms with van der Waals surface area (Å²) in [6, 6.07) is 3.76. The highest BCUT2D eigenvalue weighted by Gasteiger charge is 2.21. The van der Waals surface area contributed by atoms with Crippen molar-refractivity contribution in [2.75, 3.05) is 11.9 Å². The Kier molecular flexibility index (Phi) is 4.71. The van der Waals surface area contributed by atoms with E-state index in [4.69, 9.17) is 9.15 Å². The third-order valence-corrected chi connectivity index (χ3v) is 4.47. The molecule has 0 aromatic carbocycles. The number of thiazole rings is 1. The molecule has 0 amide bonds. The molecule has 2 N–H and O–H groups in total. The van der Waals surface area contributed by atoms with E-state index in [2.05, 4.69) is 15.3 Å². The van der Waals surface area contributed by atoms with Gasteiger partial charge in [-0.1, -0.05) is 0 Å². The Morgan fingerprint density at radius 3 is 3.00 bits per heavy atom. The Labute approximate surface area is 143 Å². The van der Waals surface area contributed by atoms with Crippen molar-refractivity contribution < 1.29 is 13.9 Å². The fourth-order valence-electron chi connectivity index (χ4n) is 2.56. The molecule has 126 valence electrons. The fourth-order valence-corrected chi connectivity index (χ4v) is 3.26. The van der Waals surface area contributed by atoms with Gasteiger partial charge in [0, 0.05) is 11.1 Å². The molecule has 0 radical (unpaired) electrons. The zero-order valence-corrected chi connectivity index (χ0v) is 14.6. The maximum absolute atomic E-state index is 12.1. The van der Waals surface area contributed by atoms with Crippen LogP contribution >= 0.6 is 11.3 Å². The molecule has 0 aliphatic rings. The number of nitrogens with one attached hydrogen (secondary N) is 2. The molecule has 0 unspecified atom stereocenters. The zero-order valence-electron chi connectivity index (χ0n) is 13.8. The van der Waals surface area contributed by atoms with Gasteiger partial charge in [-0.25, -0.2) is 9.78 Å². The van der Waals surface area contributed by atoms with Gasteiger partial charge in [0.1, 0.15) is 11.5 Å². The second kappa shape index (κ2) is 6.92. The zero-order chi connectivity index (χ0) is 17.1. The molecule has 3 heterocycles. The van der Waals surface area contributed by atoms with E-state index in [0.717, 1.165) is 33.5 Å². The highest BCUT2D eigenvalue weighted by Crippen LogP contribution is 2.30. The minimum atomic E-state index is -0.304. The molecule has 3 rings (SSSR count). The van der Waals surface area contributed by atoms with Gasteiger partial charge in [-0.15, -0.1) is 11.3 Å². The number of nitrogens with zero attached hydrogens (tertiary/aromatic N) is 1. The van der Waals surface area contributed by atoms with Gasteiger partial charge >= 0.3 is 5.97 Å². The van der Waals surface area contributed by atoms with Crippen LogP contribution in [0.2, 0.25) is 0 Å². The minimum Gasteiger partial charge on any atom is -0.467 e. The van der Waals surface area contributed by atoms with Crippen LogP contribution < -0.4 is 5.32 Å².